The van der Waals surface area contributed by atoms with E-state index >= 15 is 0 Å². The molecule has 0 unspecified atom stereocenters. The highest BCUT2D eigenvalue weighted by atomic mass is 16.5. The number of aromatic nitrogens is 3. The average molecular weight is 239 g/mol. The maximum atomic E-state index is 11.2. The Hall–Kier alpha value is -2.36. The first-order valence-electron chi connectivity index (χ1n) is 5.82. The van der Waals surface area contributed by atoms with Gasteiger partial charge < -0.3 is 9.77 Å². The molecule has 0 saturated carbocycles. The first-order chi connectivity index (χ1) is 8.74. The van der Waals surface area contributed by atoms with Gasteiger partial charge in [0.15, 0.2) is 11.7 Å². The van der Waals surface area contributed by atoms with Gasteiger partial charge >= 0.3 is 0 Å². The maximum Gasteiger partial charge on any atom is 0.208 e. The van der Waals surface area contributed by atoms with Crippen LogP contribution in [0.2, 0.25) is 0 Å². The number of hydrogen-bond acceptors (Lipinski definition) is 2. The zero-order valence-corrected chi connectivity index (χ0v) is 10.1. The molecule has 0 bridgehead atoms. The summed E-state index contributed by atoms with van der Waals surface area (Å²) < 4.78 is 2.81. The lowest BCUT2D eigenvalue weighted by Gasteiger charge is -2.02. The van der Waals surface area contributed by atoms with E-state index in [1.165, 1.54) is 18.0 Å². The molecule has 0 aliphatic carbocycles. The van der Waals surface area contributed by atoms with E-state index in [2.05, 4.69) is 17.1 Å². The molecule has 0 atom stereocenters. The van der Waals surface area contributed by atoms with Gasteiger partial charge in [0.25, 0.3) is 0 Å². The molecular formula is C14H13N3O. The summed E-state index contributed by atoms with van der Waals surface area (Å²) >= 11 is 0. The fourth-order valence-electron chi connectivity index (χ4n) is 2.12. The molecule has 0 amide bonds. The van der Waals surface area contributed by atoms with Crippen LogP contribution in [0.4, 0.5) is 0 Å². The quantitative estimate of drug-likeness (QED) is 0.505. The van der Waals surface area contributed by atoms with E-state index in [0.29, 0.717) is 0 Å². The van der Waals surface area contributed by atoms with Gasteiger partial charge in [0.05, 0.1) is 5.52 Å². The van der Waals surface area contributed by atoms with Crippen molar-refractivity contribution in [1.29, 1.82) is 0 Å². The summed E-state index contributed by atoms with van der Waals surface area (Å²) in [7, 11) is 1.97. The van der Waals surface area contributed by atoms with Crippen molar-refractivity contribution < 1.29 is 4.73 Å². The average Bonchev–Trinajstić information content (AvgIpc) is 2.67. The van der Waals surface area contributed by atoms with Crippen molar-refractivity contribution in [2.75, 3.05) is 0 Å². The fraction of sp³-hybridized carbons (Fsp3) is 0.143. The minimum absolute atomic E-state index is 0.737. The molecule has 3 aromatic rings. The molecule has 3 rings (SSSR count). The van der Waals surface area contributed by atoms with Crippen LogP contribution in [0.5, 0.6) is 0 Å². The SMILES string of the molecule is Cn1c(Cc2ccccc2)nc2c[n+]([O-])ccc21. The molecule has 0 radical (unpaired) electrons. The van der Waals surface area contributed by atoms with Crippen molar-refractivity contribution in [3.8, 4) is 0 Å². The standard InChI is InChI=1S/C14H13N3O/c1-16-13-7-8-17(18)10-12(13)15-14(16)9-11-5-3-2-4-6-11/h2-8,10H,9H2,1H3. The van der Waals surface area contributed by atoms with Gasteiger partial charge in [-0.05, 0) is 5.56 Å². The van der Waals surface area contributed by atoms with Crippen LogP contribution in [-0.2, 0) is 13.5 Å². The zero-order valence-electron chi connectivity index (χ0n) is 10.1. The summed E-state index contributed by atoms with van der Waals surface area (Å²) in [5.41, 5.74) is 2.93. The molecular weight excluding hydrogens is 226 g/mol. The van der Waals surface area contributed by atoms with Crippen molar-refractivity contribution in [3.05, 3.63) is 65.4 Å². The number of hydrogen-bond donors (Lipinski definition) is 0. The molecule has 4 heteroatoms. The van der Waals surface area contributed by atoms with Gasteiger partial charge in [-0.2, -0.15) is 4.73 Å². The molecule has 1 aromatic carbocycles. The number of nitrogens with zero attached hydrogens (tertiary/aromatic N) is 3. The van der Waals surface area contributed by atoms with Crippen molar-refractivity contribution >= 4 is 11.0 Å². The van der Waals surface area contributed by atoms with Crippen LogP contribution in [0.25, 0.3) is 11.0 Å². The van der Waals surface area contributed by atoms with Crippen LogP contribution in [0.15, 0.2) is 48.8 Å². The largest absolute Gasteiger partial charge is 0.619 e. The van der Waals surface area contributed by atoms with E-state index in [0.717, 1.165) is 28.0 Å². The first kappa shape index (κ1) is 10.8. The number of imidazole rings is 1. The Morgan fingerprint density at radius 1 is 1.22 bits per heavy atom. The third-order valence-electron chi connectivity index (χ3n) is 3.09. The predicted molar refractivity (Wildman–Crippen MR) is 68.9 cm³/mol. The van der Waals surface area contributed by atoms with Crippen molar-refractivity contribution in [2.24, 2.45) is 7.05 Å². The molecule has 0 aliphatic rings. The van der Waals surface area contributed by atoms with E-state index < -0.39 is 0 Å². The molecule has 0 fully saturated rings. The monoisotopic (exact) mass is 239 g/mol. The van der Waals surface area contributed by atoms with Crippen LogP contribution >= 0.6 is 0 Å². The zero-order chi connectivity index (χ0) is 12.5. The van der Waals surface area contributed by atoms with Crippen molar-refractivity contribution in [1.82, 2.24) is 9.55 Å². The summed E-state index contributed by atoms with van der Waals surface area (Å²) in [6.45, 7) is 0. The highest BCUT2D eigenvalue weighted by Gasteiger charge is 2.10. The van der Waals surface area contributed by atoms with Gasteiger partial charge in [0.2, 0.25) is 6.20 Å². The van der Waals surface area contributed by atoms with E-state index in [1.807, 2.05) is 29.8 Å². The Morgan fingerprint density at radius 3 is 2.78 bits per heavy atom. The van der Waals surface area contributed by atoms with Gasteiger partial charge in [-0.3, -0.25) is 0 Å². The second-order valence-electron chi connectivity index (χ2n) is 4.32. The summed E-state index contributed by atoms with van der Waals surface area (Å²) in [4.78, 5) is 4.51. The molecule has 2 heterocycles. The second-order valence-corrected chi connectivity index (χ2v) is 4.32. The van der Waals surface area contributed by atoms with Crippen LogP contribution in [-0.4, -0.2) is 9.55 Å². The molecule has 2 aromatic heterocycles. The number of rotatable bonds is 2. The summed E-state index contributed by atoms with van der Waals surface area (Å²) in [6.07, 6.45) is 3.77. The number of aryl methyl sites for hydroxylation is 1. The Morgan fingerprint density at radius 2 is 2.00 bits per heavy atom. The highest BCUT2D eigenvalue weighted by molar-refractivity contribution is 5.73. The number of fused-ring (bicyclic) bond motifs is 1. The Labute approximate surface area is 105 Å². The van der Waals surface area contributed by atoms with E-state index in [9.17, 15) is 5.21 Å². The lowest BCUT2D eigenvalue weighted by molar-refractivity contribution is -0.604. The van der Waals surface area contributed by atoms with E-state index in [1.54, 1.807) is 6.07 Å². The Balaban J connectivity index is 2.05. The van der Waals surface area contributed by atoms with E-state index in [4.69, 9.17) is 0 Å². The summed E-state index contributed by atoms with van der Waals surface area (Å²) in [5, 5.41) is 11.2. The summed E-state index contributed by atoms with van der Waals surface area (Å²) in [6, 6.07) is 12.0. The Bertz CT molecular complexity index is 689. The van der Waals surface area contributed by atoms with E-state index in [-0.39, 0.29) is 0 Å². The fourth-order valence-corrected chi connectivity index (χ4v) is 2.12. The lowest BCUT2D eigenvalue weighted by atomic mass is 10.1. The van der Waals surface area contributed by atoms with Gasteiger partial charge in [-0.15, -0.1) is 0 Å². The second kappa shape index (κ2) is 4.14. The lowest BCUT2D eigenvalue weighted by Crippen LogP contribution is -2.23. The molecule has 18 heavy (non-hydrogen) atoms. The van der Waals surface area contributed by atoms with Crippen molar-refractivity contribution in [3.63, 3.8) is 0 Å². The number of benzene rings is 1. The van der Waals surface area contributed by atoms with Crippen LogP contribution in [0.3, 0.4) is 0 Å². The maximum absolute atomic E-state index is 11.2. The van der Waals surface area contributed by atoms with Gasteiger partial charge in [-0.1, -0.05) is 30.3 Å². The molecule has 0 aliphatic heterocycles. The highest BCUT2D eigenvalue weighted by Crippen LogP contribution is 2.15. The predicted octanol–water partition coefficient (Wildman–Crippen LogP) is 1.80. The Kier molecular flexibility index (Phi) is 2.48. The topological polar surface area (TPSA) is 44.8 Å². The number of pyridine rings is 1. The first-order valence-corrected chi connectivity index (χ1v) is 5.82. The van der Waals surface area contributed by atoms with Crippen LogP contribution < -0.4 is 4.73 Å². The van der Waals surface area contributed by atoms with Gasteiger partial charge in [0.1, 0.15) is 5.82 Å². The molecule has 90 valence electrons. The normalized spacial score (nSPS) is 10.9. The third-order valence-corrected chi connectivity index (χ3v) is 3.09. The smallest absolute Gasteiger partial charge is 0.208 e. The molecule has 0 spiro atoms. The van der Waals surface area contributed by atoms with Gasteiger partial charge in [-0.25, -0.2) is 4.98 Å². The minimum atomic E-state index is 0.737. The third kappa shape index (κ3) is 1.82. The van der Waals surface area contributed by atoms with Gasteiger partial charge in [0, 0.05) is 19.5 Å². The minimum Gasteiger partial charge on any atom is -0.619 e. The molecule has 0 N–H and O–H groups in total. The van der Waals surface area contributed by atoms with Crippen molar-refractivity contribution in [2.45, 2.75) is 6.42 Å². The molecule has 0 saturated heterocycles. The van der Waals surface area contributed by atoms with Crippen LogP contribution in [0.1, 0.15) is 11.4 Å². The van der Waals surface area contributed by atoms with Crippen LogP contribution in [0, 0.1) is 5.21 Å². The summed E-state index contributed by atoms with van der Waals surface area (Å²) in [5.74, 6) is 0.961. The molecule has 4 nitrogen and oxygen atoms in total.